The molecular formula is C21H24ClN3OS. The SMILES string of the molecule is Cn1c(SCC(=O)C23CC4CC(CC(C4)C2)C3)nnc1-c1ccccc1Cl. The fraction of sp³-hybridized carbons (Fsp3) is 0.571. The number of carbonyl (C=O) groups excluding carboxylic acids is 1. The van der Waals surface area contributed by atoms with Gasteiger partial charge in [0.2, 0.25) is 0 Å². The maximum Gasteiger partial charge on any atom is 0.191 e. The monoisotopic (exact) mass is 401 g/mol. The summed E-state index contributed by atoms with van der Waals surface area (Å²) >= 11 is 7.82. The van der Waals surface area contributed by atoms with Crippen molar-refractivity contribution < 1.29 is 4.79 Å². The third kappa shape index (κ3) is 3.03. The lowest BCUT2D eigenvalue weighted by atomic mass is 9.48. The lowest BCUT2D eigenvalue weighted by Crippen LogP contribution is -2.50. The maximum atomic E-state index is 13.2. The number of halogens is 1. The number of hydrogen-bond acceptors (Lipinski definition) is 4. The highest BCUT2D eigenvalue weighted by Crippen LogP contribution is 2.60. The predicted molar refractivity (Wildman–Crippen MR) is 108 cm³/mol. The van der Waals surface area contributed by atoms with E-state index in [1.165, 1.54) is 31.0 Å². The van der Waals surface area contributed by atoms with Crippen LogP contribution in [0.1, 0.15) is 38.5 Å². The molecule has 27 heavy (non-hydrogen) atoms. The van der Waals surface area contributed by atoms with E-state index in [-0.39, 0.29) is 5.41 Å². The van der Waals surface area contributed by atoms with Gasteiger partial charge in [-0.1, -0.05) is 35.5 Å². The molecule has 6 rings (SSSR count). The zero-order valence-electron chi connectivity index (χ0n) is 15.5. The van der Waals surface area contributed by atoms with Gasteiger partial charge in [0.25, 0.3) is 0 Å². The van der Waals surface area contributed by atoms with Crippen molar-refractivity contribution in [3.05, 3.63) is 29.3 Å². The summed E-state index contributed by atoms with van der Waals surface area (Å²) in [5, 5.41) is 10.1. The molecule has 0 aliphatic heterocycles. The molecule has 4 aliphatic carbocycles. The van der Waals surface area contributed by atoms with Crippen molar-refractivity contribution in [2.45, 2.75) is 43.7 Å². The highest BCUT2D eigenvalue weighted by Gasteiger charge is 2.54. The first-order valence-corrected chi connectivity index (χ1v) is 11.2. The van der Waals surface area contributed by atoms with Gasteiger partial charge in [-0.15, -0.1) is 10.2 Å². The molecule has 0 atom stereocenters. The molecule has 0 N–H and O–H groups in total. The van der Waals surface area contributed by atoms with Crippen LogP contribution in [0.4, 0.5) is 0 Å². The first kappa shape index (κ1) is 17.7. The minimum absolute atomic E-state index is 0.0358. The van der Waals surface area contributed by atoms with E-state index < -0.39 is 0 Å². The molecule has 4 nitrogen and oxygen atoms in total. The van der Waals surface area contributed by atoms with Gasteiger partial charge in [-0.25, -0.2) is 0 Å². The second kappa shape index (κ2) is 6.63. The van der Waals surface area contributed by atoms with Crippen LogP contribution in [0.25, 0.3) is 11.4 Å². The van der Waals surface area contributed by atoms with Crippen molar-refractivity contribution in [3.8, 4) is 11.4 Å². The Kier molecular flexibility index (Phi) is 4.36. The zero-order valence-corrected chi connectivity index (χ0v) is 17.1. The van der Waals surface area contributed by atoms with Crippen LogP contribution in [0, 0.1) is 23.2 Å². The molecule has 0 radical (unpaired) electrons. The summed E-state index contributed by atoms with van der Waals surface area (Å²) in [6.45, 7) is 0. The van der Waals surface area contributed by atoms with E-state index in [0.717, 1.165) is 53.6 Å². The Morgan fingerprint density at radius 3 is 2.41 bits per heavy atom. The average molecular weight is 402 g/mol. The molecule has 4 saturated carbocycles. The van der Waals surface area contributed by atoms with Crippen LogP contribution in [-0.2, 0) is 11.8 Å². The van der Waals surface area contributed by atoms with Crippen LogP contribution < -0.4 is 0 Å². The minimum atomic E-state index is -0.0358. The van der Waals surface area contributed by atoms with E-state index in [0.29, 0.717) is 16.6 Å². The third-order valence-electron chi connectivity index (χ3n) is 6.91. The van der Waals surface area contributed by atoms with Gasteiger partial charge in [0.15, 0.2) is 11.0 Å². The van der Waals surface area contributed by atoms with Crippen molar-refractivity contribution in [1.82, 2.24) is 14.8 Å². The number of Topliss-reactive ketones (excluding diaryl/α,β-unsaturated/α-hetero) is 1. The normalized spacial score (nSPS) is 31.4. The standard InChI is InChI=1S/C21H24ClN3OS/c1-25-19(16-4-2-3-5-17(16)22)23-24-20(25)27-12-18(26)21-9-13-6-14(10-21)8-15(7-13)11-21/h2-5,13-15H,6-12H2,1H3. The van der Waals surface area contributed by atoms with Gasteiger partial charge in [-0.2, -0.15) is 0 Å². The molecule has 1 aromatic carbocycles. The summed E-state index contributed by atoms with van der Waals surface area (Å²) in [7, 11) is 1.94. The fourth-order valence-electron chi connectivity index (χ4n) is 6.05. The number of thioether (sulfide) groups is 1. The molecule has 0 amide bonds. The average Bonchev–Trinajstić information content (AvgIpc) is 2.99. The molecule has 6 heteroatoms. The second-order valence-electron chi connectivity index (χ2n) is 8.75. The lowest BCUT2D eigenvalue weighted by Gasteiger charge is -2.56. The van der Waals surface area contributed by atoms with Crippen molar-refractivity contribution in [3.63, 3.8) is 0 Å². The number of hydrogen-bond donors (Lipinski definition) is 0. The summed E-state index contributed by atoms with van der Waals surface area (Å²) in [5.74, 6) is 4.07. The summed E-state index contributed by atoms with van der Waals surface area (Å²) in [5.41, 5.74) is 0.833. The number of benzene rings is 1. The molecule has 0 spiro atoms. The Balaban J connectivity index is 1.31. The Labute approximate surface area is 169 Å². The maximum absolute atomic E-state index is 13.2. The fourth-order valence-corrected chi connectivity index (χ4v) is 7.22. The number of aromatic nitrogens is 3. The Bertz CT molecular complexity index is 858. The van der Waals surface area contributed by atoms with E-state index in [1.54, 1.807) is 0 Å². The van der Waals surface area contributed by atoms with E-state index in [1.807, 2.05) is 35.9 Å². The first-order chi connectivity index (χ1) is 13.0. The number of carbonyl (C=O) groups is 1. The van der Waals surface area contributed by atoms with Crippen molar-refractivity contribution in [1.29, 1.82) is 0 Å². The minimum Gasteiger partial charge on any atom is -0.305 e. The third-order valence-corrected chi connectivity index (χ3v) is 8.26. The van der Waals surface area contributed by atoms with Crippen LogP contribution in [-0.4, -0.2) is 26.3 Å². The van der Waals surface area contributed by atoms with E-state index in [2.05, 4.69) is 10.2 Å². The molecule has 142 valence electrons. The van der Waals surface area contributed by atoms with Crippen LogP contribution in [0.2, 0.25) is 5.02 Å². The van der Waals surface area contributed by atoms with E-state index in [4.69, 9.17) is 11.6 Å². The Morgan fingerprint density at radius 2 is 1.78 bits per heavy atom. The van der Waals surface area contributed by atoms with Gasteiger partial charge >= 0.3 is 0 Å². The first-order valence-electron chi connectivity index (χ1n) is 9.84. The van der Waals surface area contributed by atoms with Crippen molar-refractivity contribution >= 4 is 29.1 Å². The molecule has 2 aromatic rings. The molecule has 0 unspecified atom stereocenters. The molecule has 1 heterocycles. The smallest absolute Gasteiger partial charge is 0.191 e. The summed E-state index contributed by atoms with van der Waals surface area (Å²) in [6.07, 6.45) is 7.48. The molecule has 4 bridgehead atoms. The van der Waals surface area contributed by atoms with Gasteiger partial charge < -0.3 is 4.57 Å². The summed E-state index contributed by atoms with van der Waals surface area (Å²) in [6, 6.07) is 7.65. The molecule has 0 saturated heterocycles. The largest absolute Gasteiger partial charge is 0.305 e. The van der Waals surface area contributed by atoms with Gasteiger partial charge in [0.1, 0.15) is 5.78 Å². The van der Waals surface area contributed by atoms with Crippen LogP contribution in [0.15, 0.2) is 29.4 Å². The van der Waals surface area contributed by atoms with Crippen LogP contribution >= 0.6 is 23.4 Å². The van der Waals surface area contributed by atoms with Gasteiger partial charge in [0.05, 0.1) is 10.8 Å². The van der Waals surface area contributed by atoms with Gasteiger partial charge in [0, 0.05) is 18.0 Å². The molecule has 1 aromatic heterocycles. The molecule has 4 aliphatic rings. The zero-order chi connectivity index (χ0) is 18.6. The van der Waals surface area contributed by atoms with Gasteiger partial charge in [-0.3, -0.25) is 4.79 Å². The van der Waals surface area contributed by atoms with Gasteiger partial charge in [-0.05, 0) is 68.4 Å². The highest BCUT2D eigenvalue weighted by molar-refractivity contribution is 7.99. The van der Waals surface area contributed by atoms with Crippen LogP contribution in [0.5, 0.6) is 0 Å². The molecule has 4 fully saturated rings. The summed E-state index contributed by atoms with van der Waals surface area (Å²) < 4.78 is 1.94. The Hall–Kier alpha value is -1.33. The predicted octanol–water partition coefficient (Wildman–Crippen LogP) is 5.01. The number of ketones is 1. The topological polar surface area (TPSA) is 47.8 Å². The van der Waals surface area contributed by atoms with E-state index >= 15 is 0 Å². The number of nitrogens with zero attached hydrogens (tertiary/aromatic N) is 3. The van der Waals surface area contributed by atoms with Crippen molar-refractivity contribution in [2.75, 3.05) is 5.75 Å². The highest BCUT2D eigenvalue weighted by atomic mass is 35.5. The Morgan fingerprint density at radius 1 is 1.15 bits per heavy atom. The lowest BCUT2D eigenvalue weighted by molar-refractivity contribution is -0.141. The second-order valence-corrected chi connectivity index (χ2v) is 10.1. The summed E-state index contributed by atoms with van der Waals surface area (Å²) in [4.78, 5) is 13.2. The number of rotatable bonds is 5. The van der Waals surface area contributed by atoms with Crippen LogP contribution in [0.3, 0.4) is 0 Å². The quantitative estimate of drug-likeness (QED) is 0.660. The van der Waals surface area contributed by atoms with Crippen molar-refractivity contribution in [2.24, 2.45) is 30.2 Å². The van der Waals surface area contributed by atoms with E-state index in [9.17, 15) is 4.79 Å². The molecular weight excluding hydrogens is 378 g/mol.